The number of carbonyl (C=O) groups excluding carboxylic acids is 2. The minimum absolute atomic E-state index is 0.0150. The van der Waals surface area contributed by atoms with Crippen molar-refractivity contribution in [2.75, 3.05) is 0 Å². The minimum atomic E-state index is -1.87. The summed E-state index contributed by atoms with van der Waals surface area (Å²) in [6.07, 6.45) is -7.56. The molecule has 1 saturated heterocycles. The summed E-state index contributed by atoms with van der Waals surface area (Å²) < 4.78 is 11.0. The van der Waals surface area contributed by atoms with Crippen molar-refractivity contribution in [2.24, 2.45) is 0 Å². The average molecular weight is 521 g/mol. The highest BCUT2D eigenvalue weighted by molar-refractivity contribution is 5.97. The van der Waals surface area contributed by atoms with E-state index in [1.54, 1.807) is 54.6 Å². The van der Waals surface area contributed by atoms with Crippen molar-refractivity contribution in [3.63, 3.8) is 0 Å². The zero-order chi connectivity index (χ0) is 27.2. The number of aliphatic hydroxyl groups is 4. The molecule has 9 heteroatoms. The van der Waals surface area contributed by atoms with Crippen LogP contribution in [-0.2, 0) is 20.9 Å². The first-order valence-corrected chi connectivity index (χ1v) is 11.9. The molecule has 5 N–H and O–H groups in total. The predicted octanol–water partition coefficient (Wildman–Crippen LogP) is 1.92. The van der Waals surface area contributed by atoms with Gasteiger partial charge in [-0.15, -0.1) is 0 Å². The van der Waals surface area contributed by atoms with Gasteiger partial charge in [0.15, 0.2) is 5.78 Å². The SMILES string of the molecule is O=C(OCc1ccc(O)c([C@@H]2O[C@H](C(O)C(=O)C=Cc3ccccc3)[C@@H](O)[C@H](O)[C@H]2O)c1)c1ccccc1. The van der Waals surface area contributed by atoms with Gasteiger partial charge in [-0.1, -0.05) is 60.7 Å². The smallest absolute Gasteiger partial charge is 0.338 e. The summed E-state index contributed by atoms with van der Waals surface area (Å²) in [6, 6.07) is 21.5. The molecule has 0 radical (unpaired) electrons. The Kier molecular flexibility index (Phi) is 8.67. The Morgan fingerprint density at radius 3 is 2.24 bits per heavy atom. The number of phenolic OH excluding ortho intramolecular Hbond substituents is 1. The Hall–Kier alpha value is -3.86. The van der Waals surface area contributed by atoms with Crippen LogP contribution in [0.3, 0.4) is 0 Å². The van der Waals surface area contributed by atoms with E-state index < -0.39 is 48.4 Å². The fourth-order valence-corrected chi connectivity index (χ4v) is 4.16. The van der Waals surface area contributed by atoms with Crippen LogP contribution < -0.4 is 0 Å². The summed E-state index contributed by atoms with van der Waals surface area (Å²) in [5, 5.41) is 52.7. The lowest BCUT2D eigenvalue weighted by Gasteiger charge is -2.42. The zero-order valence-corrected chi connectivity index (χ0v) is 20.2. The Balaban J connectivity index is 1.51. The van der Waals surface area contributed by atoms with E-state index in [4.69, 9.17) is 9.47 Å². The van der Waals surface area contributed by atoms with Gasteiger partial charge in [0.25, 0.3) is 0 Å². The Bertz CT molecular complexity index is 1280. The number of esters is 1. The molecule has 3 aromatic carbocycles. The van der Waals surface area contributed by atoms with Gasteiger partial charge in [-0.25, -0.2) is 4.79 Å². The maximum Gasteiger partial charge on any atom is 0.338 e. The van der Waals surface area contributed by atoms with Crippen LogP contribution in [0.15, 0.2) is 84.9 Å². The lowest BCUT2D eigenvalue weighted by Crippen LogP contribution is -2.59. The van der Waals surface area contributed by atoms with E-state index in [-0.39, 0.29) is 17.9 Å². The van der Waals surface area contributed by atoms with Crippen LogP contribution in [-0.4, -0.2) is 67.8 Å². The van der Waals surface area contributed by atoms with Crippen molar-refractivity contribution >= 4 is 17.8 Å². The Morgan fingerprint density at radius 1 is 0.895 bits per heavy atom. The third-order valence-electron chi connectivity index (χ3n) is 6.27. The summed E-state index contributed by atoms with van der Waals surface area (Å²) in [5.74, 6) is -1.65. The van der Waals surface area contributed by atoms with Gasteiger partial charge in [0.1, 0.15) is 49.0 Å². The quantitative estimate of drug-likeness (QED) is 0.221. The van der Waals surface area contributed by atoms with Crippen LogP contribution in [0.5, 0.6) is 5.75 Å². The van der Waals surface area contributed by atoms with Crippen molar-refractivity contribution in [1.29, 1.82) is 0 Å². The lowest BCUT2D eigenvalue weighted by molar-refractivity contribution is -0.242. The van der Waals surface area contributed by atoms with E-state index in [9.17, 15) is 35.1 Å². The molecule has 9 nitrogen and oxygen atoms in total. The number of ketones is 1. The van der Waals surface area contributed by atoms with Crippen molar-refractivity contribution in [3.8, 4) is 5.75 Å². The number of aromatic hydroxyl groups is 1. The molecular formula is C29H28O9. The number of aliphatic hydroxyl groups excluding tert-OH is 4. The molecule has 0 aromatic heterocycles. The first-order chi connectivity index (χ1) is 18.3. The van der Waals surface area contributed by atoms with Crippen LogP contribution in [0.4, 0.5) is 0 Å². The molecule has 0 aliphatic carbocycles. The molecule has 6 atom stereocenters. The average Bonchev–Trinajstić information content (AvgIpc) is 2.95. The second-order valence-electron chi connectivity index (χ2n) is 8.92. The van der Waals surface area contributed by atoms with Crippen molar-refractivity contribution in [1.82, 2.24) is 0 Å². The monoisotopic (exact) mass is 520 g/mol. The zero-order valence-electron chi connectivity index (χ0n) is 20.2. The topological polar surface area (TPSA) is 154 Å². The number of ether oxygens (including phenoxy) is 2. The molecular weight excluding hydrogens is 492 g/mol. The van der Waals surface area contributed by atoms with Gasteiger partial charge in [0.05, 0.1) is 5.56 Å². The highest BCUT2D eigenvalue weighted by Gasteiger charge is 2.48. The molecule has 0 spiro atoms. The summed E-state index contributed by atoms with van der Waals surface area (Å²) in [5.41, 5.74) is 1.53. The molecule has 3 aromatic rings. The van der Waals surface area contributed by atoms with Crippen LogP contribution in [0, 0.1) is 0 Å². The molecule has 0 saturated carbocycles. The van der Waals surface area contributed by atoms with E-state index in [1.165, 1.54) is 24.3 Å². The fraction of sp³-hybridized carbons (Fsp3) is 0.241. The molecule has 0 bridgehead atoms. The molecule has 0 amide bonds. The van der Waals surface area contributed by atoms with E-state index in [0.29, 0.717) is 16.7 Å². The number of hydrogen-bond acceptors (Lipinski definition) is 9. The third-order valence-corrected chi connectivity index (χ3v) is 6.27. The summed E-state index contributed by atoms with van der Waals surface area (Å²) in [4.78, 5) is 24.9. The number of rotatable bonds is 8. The third kappa shape index (κ3) is 6.16. The Morgan fingerprint density at radius 2 is 1.55 bits per heavy atom. The molecule has 4 rings (SSSR count). The highest BCUT2D eigenvalue weighted by Crippen LogP contribution is 2.38. The van der Waals surface area contributed by atoms with Gasteiger partial charge in [-0.05, 0) is 41.5 Å². The first kappa shape index (κ1) is 27.2. The Labute approximate surface area is 218 Å². The van der Waals surface area contributed by atoms with Crippen LogP contribution >= 0.6 is 0 Å². The van der Waals surface area contributed by atoms with E-state index in [0.717, 1.165) is 6.08 Å². The largest absolute Gasteiger partial charge is 0.508 e. The van der Waals surface area contributed by atoms with Gasteiger partial charge in [-0.3, -0.25) is 4.79 Å². The molecule has 1 aliphatic rings. The number of carbonyl (C=O) groups is 2. The van der Waals surface area contributed by atoms with E-state index in [1.807, 2.05) is 6.07 Å². The summed E-state index contributed by atoms with van der Waals surface area (Å²) in [7, 11) is 0. The minimum Gasteiger partial charge on any atom is -0.508 e. The second-order valence-corrected chi connectivity index (χ2v) is 8.92. The van der Waals surface area contributed by atoms with Crippen LogP contribution in [0.2, 0.25) is 0 Å². The van der Waals surface area contributed by atoms with Crippen molar-refractivity contribution in [3.05, 3.63) is 107 Å². The molecule has 1 heterocycles. The molecule has 1 unspecified atom stereocenters. The molecule has 1 fully saturated rings. The lowest BCUT2D eigenvalue weighted by atomic mass is 9.87. The van der Waals surface area contributed by atoms with E-state index >= 15 is 0 Å². The number of hydrogen-bond donors (Lipinski definition) is 5. The van der Waals surface area contributed by atoms with Gasteiger partial charge in [-0.2, -0.15) is 0 Å². The van der Waals surface area contributed by atoms with Gasteiger partial charge in [0.2, 0.25) is 0 Å². The molecule has 1 aliphatic heterocycles. The van der Waals surface area contributed by atoms with Gasteiger partial charge in [0, 0.05) is 5.56 Å². The van der Waals surface area contributed by atoms with E-state index in [2.05, 4.69) is 0 Å². The maximum atomic E-state index is 12.6. The van der Waals surface area contributed by atoms with Crippen molar-refractivity contribution < 1.29 is 44.6 Å². The van der Waals surface area contributed by atoms with Crippen LogP contribution in [0.25, 0.3) is 6.08 Å². The van der Waals surface area contributed by atoms with Crippen LogP contribution in [0.1, 0.15) is 33.2 Å². The predicted molar refractivity (Wildman–Crippen MR) is 136 cm³/mol. The van der Waals surface area contributed by atoms with Gasteiger partial charge >= 0.3 is 5.97 Å². The number of phenols is 1. The molecule has 198 valence electrons. The number of benzene rings is 3. The highest BCUT2D eigenvalue weighted by atomic mass is 16.5. The normalized spacial score (nSPS) is 24.2. The van der Waals surface area contributed by atoms with Gasteiger partial charge < -0.3 is 35.0 Å². The van der Waals surface area contributed by atoms with Crippen molar-refractivity contribution in [2.45, 2.75) is 43.2 Å². The first-order valence-electron chi connectivity index (χ1n) is 11.9. The summed E-state index contributed by atoms with van der Waals surface area (Å²) in [6.45, 7) is -0.163. The maximum absolute atomic E-state index is 12.6. The summed E-state index contributed by atoms with van der Waals surface area (Å²) >= 11 is 0. The standard InChI is InChI=1S/C29H28O9/c30-21-13-12-18(16-37-29(36)19-9-5-2-6-10-19)15-20(21)27-25(34)24(33)26(35)28(38-27)23(32)22(31)14-11-17-7-3-1-4-8-17/h1-15,23-28,30,32-35H,16H2/t23?,24-,25-,26+,27+,28-/m1/s1. The second kappa shape index (κ2) is 12.1. The molecule has 38 heavy (non-hydrogen) atoms. The fourth-order valence-electron chi connectivity index (χ4n) is 4.16.